The van der Waals surface area contributed by atoms with E-state index in [2.05, 4.69) is 25.7 Å². The Balaban J connectivity index is 2.09. The van der Waals surface area contributed by atoms with Gasteiger partial charge in [0.25, 0.3) is 0 Å². The van der Waals surface area contributed by atoms with E-state index in [0.29, 0.717) is 5.41 Å². The summed E-state index contributed by atoms with van der Waals surface area (Å²) >= 11 is 0. The van der Waals surface area contributed by atoms with E-state index in [1.165, 1.54) is 58.0 Å². The Morgan fingerprint density at radius 1 is 1.19 bits per heavy atom. The van der Waals surface area contributed by atoms with Crippen LogP contribution in [0.1, 0.15) is 65.7 Å². The third-order valence-electron chi connectivity index (χ3n) is 5.22. The van der Waals surface area contributed by atoms with Crippen molar-refractivity contribution in [3.63, 3.8) is 0 Å². The molecule has 0 aromatic heterocycles. The number of hydrogen-bond donors (Lipinski definition) is 0. The van der Waals surface area contributed by atoms with Crippen LogP contribution in [-0.4, -0.2) is 24.0 Å². The van der Waals surface area contributed by atoms with Crippen molar-refractivity contribution in [3.05, 3.63) is 0 Å². The van der Waals surface area contributed by atoms with Gasteiger partial charge in [-0.15, -0.1) is 0 Å². The van der Waals surface area contributed by atoms with Crippen molar-refractivity contribution in [3.8, 4) is 0 Å². The van der Waals surface area contributed by atoms with Crippen LogP contribution in [-0.2, 0) is 0 Å². The summed E-state index contributed by atoms with van der Waals surface area (Å²) in [6.45, 7) is 9.87. The second-order valence-electron chi connectivity index (χ2n) is 6.38. The van der Waals surface area contributed by atoms with Gasteiger partial charge in [0.2, 0.25) is 0 Å². The van der Waals surface area contributed by atoms with Crippen molar-refractivity contribution in [2.75, 3.05) is 13.1 Å². The highest BCUT2D eigenvalue weighted by Gasteiger charge is 2.43. The fourth-order valence-corrected chi connectivity index (χ4v) is 4.14. The van der Waals surface area contributed by atoms with Crippen LogP contribution >= 0.6 is 0 Å². The standard InChI is InChI=1S/C15H29N/c1-4-14-8-11-16(13(2)3)12-15(14)9-6-5-7-10-15/h13-14H,4-12H2,1-3H3/t14-/m0/s1. The number of piperidine rings is 1. The van der Waals surface area contributed by atoms with Gasteiger partial charge in [-0.3, -0.25) is 0 Å². The van der Waals surface area contributed by atoms with Crippen molar-refractivity contribution in [2.24, 2.45) is 11.3 Å². The predicted octanol–water partition coefficient (Wildman–Crippen LogP) is 4.08. The molecule has 0 N–H and O–H groups in total. The molecule has 0 unspecified atom stereocenters. The predicted molar refractivity (Wildman–Crippen MR) is 70.6 cm³/mol. The third-order valence-corrected chi connectivity index (χ3v) is 5.22. The number of nitrogens with zero attached hydrogens (tertiary/aromatic N) is 1. The maximum absolute atomic E-state index is 2.73. The Kier molecular flexibility index (Phi) is 3.94. The summed E-state index contributed by atoms with van der Waals surface area (Å²) in [5, 5.41) is 0. The van der Waals surface area contributed by atoms with E-state index in [0.717, 1.165) is 12.0 Å². The third kappa shape index (κ3) is 2.30. The molecule has 1 spiro atoms. The topological polar surface area (TPSA) is 3.24 Å². The molecule has 0 bridgehead atoms. The van der Waals surface area contributed by atoms with Crippen LogP contribution in [0.15, 0.2) is 0 Å². The zero-order chi connectivity index (χ0) is 11.6. The molecule has 1 saturated heterocycles. The van der Waals surface area contributed by atoms with Crippen LogP contribution in [0.2, 0.25) is 0 Å². The van der Waals surface area contributed by atoms with Crippen molar-refractivity contribution < 1.29 is 0 Å². The normalized spacial score (nSPS) is 31.1. The van der Waals surface area contributed by atoms with Gasteiger partial charge in [-0.2, -0.15) is 0 Å². The first-order chi connectivity index (χ1) is 7.68. The van der Waals surface area contributed by atoms with Crippen molar-refractivity contribution >= 4 is 0 Å². The summed E-state index contributed by atoms with van der Waals surface area (Å²) < 4.78 is 0. The van der Waals surface area contributed by atoms with E-state index >= 15 is 0 Å². The maximum atomic E-state index is 2.73. The Labute approximate surface area is 102 Å². The van der Waals surface area contributed by atoms with Crippen molar-refractivity contribution in [1.29, 1.82) is 0 Å². The molecule has 1 aliphatic carbocycles. The van der Waals surface area contributed by atoms with E-state index < -0.39 is 0 Å². The zero-order valence-electron chi connectivity index (χ0n) is 11.5. The van der Waals surface area contributed by atoms with Gasteiger partial charge in [0, 0.05) is 12.6 Å². The molecule has 1 nitrogen and oxygen atoms in total. The van der Waals surface area contributed by atoms with E-state index in [-0.39, 0.29) is 0 Å². The summed E-state index contributed by atoms with van der Waals surface area (Å²) in [5.41, 5.74) is 0.704. The van der Waals surface area contributed by atoms with Gasteiger partial charge >= 0.3 is 0 Å². The SMILES string of the molecule is CC[C@H]1CCN(C(C)C)CC12CCCCC2. The highest BCUT2D eigenvalue weighted by Crippen LogP contribution is 2.48. The first-order valence-corrected chi connectivity index (χ1v) is 7.42. The summed E-state index contributed by atoms with van der Waals surface area (Å²) in [6.07, 6.45) is 10.3. The molecular weight excluding hydrogens is 194 g/mol. The minimum absolute atomic E-state index is 0.704. The number of hydrogen-bond acceptors (Lipinski definition) is 1. The van der Waals surface area contributed by atoms with E-state index in [9.17, 15) is 0 Å². The molecule has 2 rings (SSSR count). The molecule has 1 aliphatic heterocycles. The quantitative estimate of drug-likeness (QED) is 0.682. The molecule has 1 atom stereocenters. The first-order valence-electron chi connectivity index (χ1n) is 7.42. The molecule has 2 aliphatic rings. The lowest BCUT2D eigenvalue weighted by atomic mass is 9.62. The molecule has 0 radical (unpaired) electrons. The lowest BCUT2D eigenvalue weighted by Crippen LogP contribution is -2.51. The van der Waals surface area contributed by atoms with Gasteiger partial charge in [0.15, 0.2) is 0 Å². The Morgan fingerprint density at radius 2 is 1.88 bits per heavy atom. The molecule has 0 amide bonds. The maximum Gasteiger partial charge on any atom is 0.00433 e. The number of likely N-dealkylation sites (tertiary alicyclic amines) is 1. The molecule has 16 heavy (non-hydrogen) atoms. The van der Waals surface area contributed by atoms with Crippen molar-refractivity contribution in [2.45, 2.75) is 71.8 Å². The molecule has 2 fully saturated rings. The van der Waals surface area contributed by atoms with Crippen LogP contribution in [0, 0.1) is 11.3 Å². The second kappa shape index (κ2) is 5.08. The monoisotopic (exact) mass is 223 g/mol. The molecule has 0 aromatic rings. The molecule has 94 valence electrons. The average molecular weight is 223 g/mol. The van der Waals surface area contributed by atoms with Gasteiger partial charge in [0.1, 0.15) is 0 Å². The fraction of sp³-hybridized carbons (Fsp3) is 1.00. The molecular formula is C15H29N. The smallest absolute Gasteiger partial charge is 0.00433 e. The molecule has 0 aromatic carbocycles. The Hall–Kier alpha value is -0.0400. The van der Waals surface area contributed by atoms with Crippen LogP contribution in [0.3, 0.4) is 0 Å². The minimum atomic E-state index is 0.704. The average Bonchev–Trinajstić information content (AvgIpc) is 2.30. The van der Waals surface area contributed by atoms with Gasteiger partial charge in [-0.05, 0) is 51.0 Å². The van der Waals surface area contributed by atoms with Crippen LogP contribution in [0.5, 0.6) is 0 Å². The largest absolute Gasteiger partial charge is 0.300 e. The Bertz CT molecular complexity index is 215. The minimum Gasteiger partial charge on any atom is -0.300 e. The summed E-state index contributed by atoms with van der Waals surface area (Å²) in [5.74, 6) is 1.02. The highest BCUT2D eigenvalue weighted by molar-refractivity contribution is 4.95. The molecule has 1 heteroatoms. The first kappa shape index (κ1) is 12.4. The summed E-state index contributed by atoms with van der Waals surface area (Å²) in [6, 6.07) is 0.747. The Morgan fingerprint density at radius 3 is 2.44 bits per heavy atom. The number of rotatable bonds is 2. The molecule has 1 heterocycles. The second-order valence-corrected chi connectivity index (χ2v) is 6.38. The van der Waals surface area contributed by atoms with E-state index in [1.807, 2.05) is 0 Å². The van der Waals surface area contributed by atoms with Crippen LogP contribution in [0.4, 0.5) is 0 Å². The van der Waals surface area contributed by atoms with Gasteiger partial charge in [-0.25, -0.2) is 0 Å². The van der Waals surface area contributed by atoms with Gasteiger partial charge in [-0.1, -0.05) is 32.6 Å². The van der Waals surface area contributed by atoms with Crippen molar-refractivity contribution in [1.82, 2.24) is 4.90 Å². The van der Waals surface area contributed by atoms with Gasteiger partial charge in [0.05, 0.1) is 0 Å². The van der Waals surface area contributed by atoms with Crippen LogP contribution in [0.25, 0.3) is 0 Å². The van der Waals surface area contributed by atoms with E-state index in [1.54, 1.807) is 0 Å². The summed E-state index contributed by atoms with van der Waals surface area (Å²) in [7, 11) is 0. The van der Waals surface area contributed by atoms with Gasteiger partial charge < -0.3 is 4.90 Å². The summed E-state index contributed by atoms with van der Waals surface area (Å²) in [4.78, 5) is 2.73. The van der Waals surface area contributed by atoms with Crippen LogP contribution < -0.4 is 0 Å². The highest BCUT2D eigenvalue weighted by atomic mass is 15.2. The van der Waals surface area contributed by atoms with E-state index in [4.69, 9.17) is 0 Å². The lowest BCUT2D eigenvalue weighted by Gasteiger charge is -2.51. The fourth-order valence-electron chi connectivity index (χ4n) is 4.14. The molecule has 1 saturated carbocycles. The zero-order valence-corrected chi connectivity index (χ0v) is 11.5. The lowest BCUT2D eigenvalue weighted by molar-refractivity contribution is -0.0178.